The number of aliphatic hydroxyl groups excluding tert-OH is 1. The molecule has 0 amide bonds. The predicted octanol–water partition coefficient (Wildman–Crippen LogP) is 2.94. The number of hydrogen-bond acceptors (Lipinski definition) is 2. The molecule has 0 unspecified atom stereocenters. The van der Waals surface area contributed by atoms with Gasteiger partial charge in [0.1, 0.15) is 5.60 Å². The van der Waals surface area contributed by atoms with Crippen LogP contribution in [0, 0.1) is 5.41 Å². The zero-order valence-electron chi connectivity index (χ0n) is 11.4. The Hall–Kier alpha value is -1.64. The molecule has 100 valence electrons. The van der Waals surface area contributed by atoms with Gasteiger partial charge < -0.3 is 10.2 Å². The Morgan fingerprint density at radius 3 is 1.47 bits per heavy atom. The molecule has 0 radical (unpaired) electrons. The Morgan fingerprint density at radius 1 is 0.789 bits per heavy atom. The van der Waals surface area contributed by atoms with Crippen molar-refractivity contribution in [1.82, 2.24) is 0 Å². The van der Waals surface area contributed by atoms with Crippen molar-refractivity contribution >= 4 is 0 Å². The molecule has 0 aliphatic carbocycles. The fourth-order valence-corrected chi connectivity index (χ4v) is 2.42. The molecular formula is C17H20O2. The lowest BCUT2D eigenvalue weighted by atomic mass is 9.67. The fourth-order valence-electron chi connectivity index (χ4n) is 2.42. The summed E-state index contributed by atoms with van der Waals surface area (Å²) in [6.07, 6.45) is 0. The van der Waals surface area contributed by atoms with Gasteiger partial charge >= 0.3 is 0 Å². The second-order valence-corrected chi connectivity index (χ2v) is 5.48. The van der Waals surface area contributed by atoms with E-state index < -0.39 is 11.0 Å². The summed E-state index contributed by atoms with van der Waals surface area (Å²) in [5.41, 5.74) is -0.319. The summed E-state index contributed by atoms with van der Waals surface area (Å²) in [6, 6.07) is 19.0. The molecule has 2 aromatic carbocycles. The maximum Gasteiger partial charge on any atom is 0.122 e. The lowest BCUT2D eigenvalue weighted by Crippen LogP contribution is -2.45. The van der Waals surface area contributed by atoms with E-state index in [9.17, 15) is 10.2 Å². The van der Waals surface area contributed by atoms with Crippen molar-refractivity contribution in [3.8, 4) is 0 Å². The lowest BCUT2D eigenvalue weighted by Gasteiger charge is -2.42. The number of benzene rings is 2. The summed E-state index contributed by atoms with van der Waals surface area (Å²) in [6.45, 7) is 3.63. The van der Waals surface area contributed by atoms with Gasteiger partial charge in [0.15, 0.2) is 0 Å². The van der Waals surface area contributed by atoms with E-state index in [0.717, 1.165) is 11.1 Å². The maximum absolute atomic E-state index is 11.3. The van der Waals surface area contributed by atoms with Crippen molar-refractivity contribution in [2.75, 3.05) is 6.61 Å². The van der Waals surface area contributed by atoms with E-state index in [1.807, 2.05) is 74.5 Å². The minimum absolute atomic E-state index is 0.104. The van der Waals surface area contributed by atoms with Crippen LogP contribution in [0.5, 0.6) is 0 Å². The Kier molecular flexibility index (Phi) is 3.74. The van der Waals surface area contributed by atoms with Crippen LogP contribution in [-0.4, -0.2) is 16.8 Å². The van der Waals surface area contributed by atoms with Crippen LogP contribution in [0.15, 0.2) is 60.7 Å². The van der Waals surface area contributed by atoms with E-state index in [-0.39, 0.29) is 6.61 Å². The summed E-state index contributed by atoms with van der Waals surface area (Å²) in [7, 11) is 0. The molecule has 0 fully saturated rings. The van der Waals surface area contributed by atoms with Crippen LogP contribution in [0.1, 0.15) is 25.0 Å². The monoisotopic (exact) mass is 256 g/mol. The first-order valence-corrected chi connectivity index (χ1v) is 6.46. The van der Waals surface area contributed by atoms with E-state index >= 15 is 0 Å². The van der Waals surface area contributed by atoms with Crippen molar-refractivity contribution < 1.29 is 10.2 Å². The number of aliphatic hydroxyl groups is 2. The van der Waals surface area contributed by atoms with Gasteiger partial charge in [0, 0.05) is 5.41 Å². The minimum Gasteiger partial charge on any atom is -0.396 e. The molecule has 0 saturated heterocycles. The molecule has 0 atom stereocenters. The summed E-state index contributed by atoms with van der Waals surface area (Å²) in [5.74, 6) is 0. The average molecular weight is 256 g/mol. The normalized spacial score (nSPS) is 12.4. The van der Waals surface area contributed by atoms with Gasteiger partial charge in [-0.1, -0.05) is 74.5 Å². The smallest absolute Gasteiger partial charge is 0.122 e. The first-order chi connectivity index (χ1) is 9.02. The molecule has 0 heterocycles. The van der Waals surface area contributed by atoms with Crippen LogP contribution in [0.3, 0.4) is 0 Å². The second-order valence-electron chi connectivity index (χ2n) is 5.48. The minimum atomic E-state index is -1.22. The highest BCUT2D eigenvalue weighted by Crippen LogP contribution is 2.44. The van der Waals surface area contributed by atoms with Gasteiger partial charge in [0.05, 0.1) is 6.61 Å². The second kappa shape index (κ2) is 5.16. The molecule has 0 bridgehead atoms. The molecule has 2 aromatic rings. The summed E-state index contributed by atoms with van der Waals surface area (Å²) in [4.78, 5) is 0. The van der Waals surface area contributed by atoms with Crippen LogP contribution in [0.2, 0.25) is 0 Å². The van der Waals surface area contributed by atoms with Crippen molar-refractivity contribution in [3.63, 3.8) is 0 Å². The third-order valence-corrected chi connectivity index (χ3v) is 3.76. The zero-order chi connectivity index (χ0) is 13.9. The van der Waals surface area contributed by atoms with Crippen molar-refractivity contribution in [2.24, 2.45) is 5.41 Å². The van der Waals surface area contributed by atoms with Crippen LogP contribution in [0.25, 0.3) is 0 Å². The highest BCUT2D eigenvalue weighted by atomic mass is 16.3. The first-order valence-electron chi connectivity index (χ1n) is 6.46. The highest BCUT2D eigenvalue weighted by Gasteiger charge is 2.45. The molecule has 2 rings (SSSR count). The molecule has 0 aliphatic rings. The Morgan fingerprint density at radius 2 is 1.16 bits per heavy atom. The largest absolute Gasteiger partial charge is 0.396 e. The highest BCUT2D eigenvalue weighted by molar-refractivity contribution is 5.38. The molecule has 2 nitrogen and oxygen atoms in total. The van der Waals surface area contributed by atoms with Gasteiger partial charge in [-0.05, 0) is 11.1 Å². The molecule has 0 saturated carbocycles. The Bertz CT molecular complexity index is 478. The average Bonchev–Trinajstić information content (AvgIpc) is 2.48. The lowest BCUT2D eigenvalue weighted by molar-refractivity contribution is -0.0648. The summed E-state index contributed by atoms with van der Waals surface area (Å²) < 4.78 is 0. The van der Waals surface area contributed by atoms with Gasteiger partial charge in [0.25, 0.3) is 0 Å². The van der Waals surface area contributed by atoms with E-state index in [1.165, 1.54) is 0 Å². The molecule has 19 heavy (non-hydrogen) atoms. The van der Waals surface area contributed by atoms with Gasteiger partial charge in [-0.25, -0.2) is 0 Å². The third-order valence-electron chi connectivity index (χ3n) is 3.76. The van der Waals surface area contributed by atoms with Crippen LogP contribution in [0.4, 0.5) is 0 Å². The molecule has 0 aromatic heterocycles. The van der Waals surface area contributed by atoms with Crippen LogP contribution < -0.4 is 0 Å². The topological polar surface area (TPSA) is 40.5 Å². The standard InChI is InChI=1S/C17H20O2/c1-16(2,13-18)17(19,14-9-5-3-6-10-14)15-11-7-4-8-12-15/h3-12,18-19H,13H2,1-2H3. The van der Waals surface area contributed by atoms with E-state index in [4.69, 9.17) is 0 Å². The van der Waals surface area contributed by atoms with E-state index in [2.05, 4.69) is 0 Å². The molecule has 2 heteroatoms. The fraction of sp³-hybridized carbons (Fsp3) is 0.294. The van der Waals surface area contributed by atoms with Crippen LogP contribution >= 0.6 is 0 Å². The Balaban J connectivity index is 2.65. The van der Waals surface area contributed by atoms with Crippen molar-refractivity contribution in [3.05, 3.63) is 71.8 Å². The van der Waals surface area contributed by atoms with Gasteiger partial charge in [0.2, 0.25) is 0 Å². The van der Waals surface area contributed by atoms with E-state index in [0.29, 0.717) is 0 Å². The molecule has 0 spiro atoms. The van der Waals surface area contributed by atoms with Crippen LogP contribution in [-0.2, 0) is 5.60 Å². The quantitative estimate of drug-likeness (QED) is 0.883. The predicted molar refractivity (Wildman–Crippen MR) is 76.7 cm³/mol. The first kappa shape index (κ1) is 13.8. The number of hydrogen-bond donors (Lipinski definition) is 2. The summed E-state index contributed by atoms with van der Waals surface area (Å²) in [5, 5.41) is 21.0. The molecule has 2 N–H and O–H groups in total. The van der Waals surface area contributed by atoms with Gasteiger partial charge in [-0.15, -0.1) is 0 Å². The van der Waals surface area contributed by atoms with E-state index in [1.54, 1.807) is 0 Å². The van der Waals surface area contributed by atoms with Gasteiger partial charge in [-0.2, -0.15) is 0 Å². The van der Waals surface area contributed by atoms with Gasteiger partial charge in [-0.3, -0.25) is 0 Å². The summed E-state index contributed by atoms with van der Waals surface area (Å²) >= 11 is 0. The zero-order valence-corrected chi connectivity index (χ0v) is 11.4. The number of rotatable bonds is 4. The maximum atomic E-state index is 11.3. The van der Waals surface area contributed by atoms with Crippen molar-refractivity contribution in [2.45, 2.75) is 19.4 Å². The molecular weight excluding hydrogens is 236 g/mol. The SMILES string of the molecule is CC(C)(CO)C(O)(c1ccccc1)c1ccccc1. The third kappa shape index (κ3) is 2.29. The molecule has 0 aliphatic heterocycles. The Labute approximate surface area is 114 Å². The van der Waals surface area contributed by atoms with Crippen molar-refractivity contribution in [1.29, 1.82) is 0 Å².